The van der Waals surface area contributed by atoms with Gasteiger partial charge in [0.25, 0.3) is 5.91 Å². The number of hydrogen-bond acceptors (Lipinski definition) is 5. The van der Waals surface area contributed by atoms with Crippen molar-refractivity contribution < 1.29 is 19.0 Å². The predicted octanol–water partition coefficient (Wildman–Crippen LogP) is 7.34. The number of carbonyl (C=O) groups is 1. The average molecular weight is 586 g/mol. The zero-order valence-corrected chi connectivity index (χ0v) is 21.9. The SMILES string of the molecule is C=CCc1cc(/C=C(/C#N)C(=O)Nc2cccc(Cl)c2Cl)cc(Br)c1OCc1ccc2c(c1)OCO2. The lowest BCUT2D eigenvalue weighted by Crippen LogP contribution is -2.13. The van der Waals surface area contributed by atoms with Crippen LogP contribution in [0.4, 0.5) is 5.69 Å². The molecule has 0 spiro atoms. The molecule has 0 fully saturated rings. The van der Waals surface area contributed by atoms with Gasteiger partial charge in [-0.1, -0.05) is 41.4 Å². The van der Waals surface area contributed by atoms with E-state index in [4.69, 9.17) is 37.4 Å². The predicted molar refractivity (Wildman–Crippen MR) is 144 cm³/mol. The average Bonchev–Trinajstić information content (AvgIpc) is 3.33. The number of nitrogens with zero attached hydrogens (tertiary/aromatic N) is 1. The lowest BCUT2D eigenvalue weighted by Gasteiger charge is -2.14. The van der Waals surface area contributed by atoms with Gasteiger partial charge in [-0.3, -0.25) is 4.79 Å². The molecule has 1 N–H and O–H groups in total. The monoisotopic (exact) mass is 584 g/mol. The van der Waals surface area contributed by atoms with Gasteiger partial charge >= 0.3 is 0 Å². The van der Waals surface area contributed by atoms with E-state index >= 15 is 0 Å². The number of amides is 1. The quantitative estimate of drug-likeness (QED) is 0.170. The molecule has 9 heteroatoms. The zero-order valence-electron chi connectivity index (χ0n) is 18.8. The first-order valence-electron chi connectivity index (χ1n) is 10.7. The van der Waals surface area contributed by atoms with Crippen molar-refractivity contribution in [3.63, 3.8) is 0 Å². The van der Waals surface area contributed by atoms with E-state index in [-0.39, 0.29) is 17.4 Å². The fourth-order valence-electron chi connectivity index (χ4n) is 3.52. The van der Waals surface area contributed by atoms with Crippen LogP contribution in [-0.2, 0) is 17.8 Å². The maximum atomic E-state index is 12.7. The number of anilines is 1. The molecule has 4 rings (SSSR count). The van der Waals surface area contributed by atoms with Gasteiger partial charge in [0.05, 0.1) is 20.2 Å². The van der Waals surface area contributed by atoms with Crippen molar-refractivity contribution in [2.24, 2.45) is 0 Å². The Hall–Kier alpha value is -3.44. The van der Waals surface area contributed by atoms with Gasteiger partial charge in [-0.25, -0.2) is 0 Å². The highest BCUT2D eigenvalue weighted by molar-refractivity contribution is 9.10. The van der Waals surface area contributed by atoms with Crippen molar-refractivity contribution in [1.29, 1.82) is 5.26 Å². The van der Waals surface area contributed by atoms with Gasteiger partial charge in [0, 0.05) is 0 Å². The van der Waals surface area contributed by atoms with Crippen LogP contribution in [-0.4, -0.2) is 12.7 Å². The Morgan fingerprint density at radius 2 is 2.00 bits per heavy atom. The third kappa shape index (κ3) is 5.85. The summed E-state index contributed by atoms with van der Waals surface area (Å²) in [6, 6.07) is 16.1. The number of halogens is 3. The summed E-state index contributed by atoms with van der Waals surface area (Å²) < 4.78 is 17.6. The van der Waals surface area contributed by atoms with E-state index in [1.54, 1.807) is 30.3 Å². The molecule has 6 nitrogen and oxygen atoms in total. The van der Waals surface area contributed by atoms with Gasteiger partial charge in [-0.2, -0.15) is 5.26 Å². The van der Waals surface area contributed by atoms with Gasteiger partial charge in [-0.05, 0) is 81.5 Å². The molecule has 1 aliphatic heterocycles. The molecule has 1 heterocycles. The summed E-state index contributed by atoms with van der Waals surface area (Å²) in [6.45, 7) is 4.34. The molecule has 0 unspecified atom stereocenters. The molecule has 0 radical (unpaired) electrons. The van der Waals surface area contributed by atoms with Crippen LogP contribution in [0.5, 0.6) is 17.2 Å². The molecule has 0 atom stereocenters. The van der Waals surface area contributed by atoms with Gasteiger partial charge in [0.1, 0.15) is 24.0 Å². The Kier molecular flexibility index (Phi) is 8.21. The molecule has 0 aliphatic carbocycles. The minimum Gasteiger partial charge on any atom is -0.487 e. The second-order valence-corrected chi connectivity index (χ2v) is 9.32. The molecule has 1 aliphatic rings. The first kappa shape index (κ1) is 25.6. The number of fused-ring (bicyclic) bond motifs is 1. The summed E-state index contributed by atoms with van der Waals surface area (Å²) >= 11 is 15.7. The van der Waals surface area contributed by atoms with Crippen LogP contribution in [0.25, 0.3) is 6.08 Å². The fraction of sp³-hybridized carbons (Fsp3) is 0.111. The van der Waals surface area contributed by atoms with Crippen molar-refractivity contribution in [2.45, 2.75) is 13.0 Å². The van der Waals surface area contributed by atoms with Crippen molar-refractivity contribution in [3.05, 3.63) is 98.0 Å². The number of benzene rings is 3. The standard InChI is InChI=1S/C27H19BrCl2N2O4/c1-2-4-18-9-17(10-19(13-31)27(33)32-22-6-3-5-21(29)25(22)30)11-20(28)26(18)34-14-16-7-8-23-24(12-16)36-15-35-23/h2-3,5-12H,1,4,14-15H2,(H,32,33)/b19-10-. The second-order valence-electron chi connectivity index (χ2n) is 7.69. The van der Waals surface area contributed by atoms with Gasteiger partial charge in [-0.15, -0.1) is 6.58 Å². The Balaban J connectivity index is 1.56. The van der Waals surface area contributed by atoms with E-state index in [0.29, 0.717) is 51.0 Å². The number of allylic oxidation sites excluding steroid dienone is 1. The Morgan fingerprint density at radius 3 is 2.78 bits per heavy atom. The normalized spacial score (nSPS) is 12.1. The first-order chi connectivity index (χ1) is 17.4. The molecule has 0 saturated carbocycles. The first-order valence-corrected chi connectivity index (χ1v) is 12.3. The molecule has 3 aromatic carbocycles. The highest BCUT2D eigenvalue weighted by atomic mass is 79.9. The molecular weight excluding hydrogens is 567 g/mol. The van der Waals surface area contributed by atoms with Gasteiger partial charge < -0.3 is 19.5 Å². The van der Waals surface area contributed by atoms with Crippen LogP contribution < -0.4 is 19.5 Å². The number of hydrogen-bond donors (Lipinski definition) is 1. The van der Waals surface area contributed by atoms with E-state index in [9.17, 15) is 10.1 Å². The summed E-state index contributed by atoms with van der Waals surface area (Å²) in [5.41, 5.74) is 2.61. The summed E-state index contributed by atoms with van der Waals surface area (Å²) in [7, 11) is 0. The number of rotatable bonds is 8. The maximum absolute atomic E-state index is 12.7. The van der Waals surface area contributed by atoms with E-state index in [0.717, 1.165) is 11.1 Å². The molecular formula is C27H19BrCl2N2O4. The summed E-state index contributed by atoms with van der Waals surface area (Å²) in [4.78, 5) is 12.7. The fourth-order valence-corrected chi connectivity index (χ4v) is 4.50. The lowest BCUT2D eigenvalue weighted by atomic mass is 10.0. The van der Waals surface area contributed by atoms with Crippen LogP contribution in [0.15, 0.2) is 71.2 Å². The van der Waals surface area contributed by atoms with Crippen LogP contribution >= 0.6 is 39.1 Å². The number of carbonyl (C=O) groups excluding carboxylic acids is 1. The van der Waals surface area contributed by atoms with Gasteiger partial charge in [0.2, 0.25) is 6.79 Å². The molecule has 1 amide bonds. The summed E-state index contributed by atoms with van der Waals surface area (Å²) in [5, 5.41) is 12.7. The van der Waals surface area contributed by atoms with E-state index in [2.05, 4.69) is 27.8 Å². The van der Waals surface area contributed by atoms with E-state index in [1.165, 1.54) is 6.08 Å². The molecule has 182 valence electrons. The van der Waals surface area contributed by atoms with Crippen molar-refractivity contribution in [3.8, 4) is 23.3 Å². The minimum absolute atomic E-state index is 0.100. The Bertz CT molecular complexity index is 1420. The summed E-state index contributed by atoms with van der Waals surface area (Å²) in [6.07, 6.45) is 3.76. The second kappa shape index (κ2) is 11.5. The molecule has 0 aromatic heterocycles. The van der Waals surface area contributed by atoms with Gasteiger partial charge in [0.15, 0.2) is 11.5 Å². The van der Waals surface area contributed by atoms with Crippen LogP contribution in [0.2, 0.25) is 10.0 Å². The molecule has 36 heavy (non-hydrogen) atoms. The number of nitrogens with one attached hydrogen (secondary N) is 1. The van der Waals surface area contributed by atoms with Crippen LogP contribution in [0, 0.1) is 11.3 Å². The van der Waals surface area contributed by atoms with E-state index < -0.39 is 5.91 Å². The highest BCUT2D eigenvalue weighted by Gasteiger charge is 2.16. The van der Waals surface area contributed by atoms with Crippen molar-refractivity contribution >= 4 is 56.8 Å². The number of nitriles is 1. The third-order valence-corrected chi connectivity index (χ3v) is 6.61. The Morgan fingerprint density at radius 1 is 1.19 bits per heavy atom. The Labute approximate surface area is 226 Å². The largest absolute Gasteiger partial charge is 0.487 e. The van der Waals surface area contributed by atoms with Crippen molar-refractivity contribution in [1.82, 2.24) is 0 Å². The number of ether oxygens (including phenoxy) is 3. The third-order valence-electron chi connectivity index (χ3n) is 5.20. The minimum atomic E-state index is -0.605. The topological polar surface area (TPSA) is 80.6 Å². The van der Waals surface area contributed by atoms with Crippen LogP contribution in [0.3, 0.4) is 0 Å². The lowest BCUT2D eigenvalue weighted by molar-refractivity contribution is -0.112. The zero-order chi connectivity index (χ0) is 25.7. The van der Waals surface area contributed by atoms with Crippen molar-refractivity contribution in [2.75, 3.05) is 12.1 Å². The molecule has 0 saturated heterocycles. The maximum Gasteiger partial charge on any atom is 0.266 e. The molecule has 0 bridgehead atoms. The summed E-state index contributed by atoms with van der Waals surface area (Å²) in [5.74, 6) is 1.42. The van der Waals surface area contributed by atoms with Crippen LogP contribution in [0.1, 0.15) is 16.7 Å². The highest BCUT2D eigenvalue weighted by Crippen LogP contribution is 2.36. The smallest absolute Gasteiger partial charge is 0.266 e. The molecule has 3 aromatic rings. The van der Waals surface area contributed by atoms with E-state index in [1.807, 2.05) is 30.3 Å².